The van der Waals surface area contributed by atoms with Crippen molar-refractivity contribution in [2.45, 2.75) is 0 Å². The van der Waals surface area contributed by atoms with Crippen LogP contribution in [0.4, 0.5) is 17.1 Å². The van der Waals surface area contributed by atoms with Crippen LogP contribution in [0.25, 0.3) is 0 Å². The van der Waals surface area contributed by atoms with Gasteiger partial charge in [0.2, 0.25) is 0 Å². The highest BCUT2D eigenvalue weighted by atomic mass is 79.9. The molecule has 0 radical (unpaired) electrons. The Kier molecular flexibility index (Phi) is 4.14. The number of ether oxygens (including phenoxy) is 1. The lowest BCUT2D eigenvalue weighted by atomic mass is 10.1. The van der Waals surface area contributed by atoms with Crippen molar-refractivity contribution in [2.24, 2.45) is 0 Å². The number of carbonyl (C=O) groups is 1. The van der Waals surface area contributed by atoms with E-state index in [-0.39, 0.29) is 5.56 Å². The maximum atomic E-state index is 11.0. The third kappa shape index (κ3) is 3.03. The van der Waals surface area contributed by atoms with Crippen molar-refractivity contribution < 1.29 is 14.6 Å². The Morgan fingerprint density at radius 1 is 1.25 bits per heavy atom. The quantitative estimate of drug-likeness (QED) is 0.744. The van der Waals surface area contributed by atoms with E-state index in [2.05, 4.69) is 21.2 Å². The van der Waals surface area contributed by atoms with Gasteiger partial charge in [-0.3, -0.25) is 0 Å². The second-order valence-electron chi connectivity index (χ2n) is 4.08. The predicted octanol–water partition coefficient (Wildman–Crippen LogP) is 3.48. The SMILES string of the molecule is COc1ccc(Br)cc1Nc1cc(C(=O)O)ccc1N. The predicted molar refractivity (Wildman–Crippen MR) is 81.8 cm³/mol. The number of benzene rings is 2. The van der Waals surface area contributed by atoms with Crippen LogP contribution in [0.2, 0.25) is 0 Å². The number of halogens is 1. The smallest absolute Gasteiger partial charge is 0.335 e. The van der Waals surface area contributed by atoms with Crippen LogP contribution >= 0.6 is 15.9 Å². The fourth-order valence-corrected chi connectivity index (χ4v) is 2.08. The molecule has 6 heteroatoms. The van der Waals surface area contributed by atoms with Crippen molar-refractivity contribution in [3.05, 3.63) is 46.4 Å². The first-order valence-electron chi connectivity index (χ1n) is 5.74. The number of carboxylic acid groups (broad SMARTS) is 1. The molecule has 104 valence electrons. The molecular weight excluding hydrogens is 324 g/mol. The zero-order valence-electron chi connectivity index (χ0n) is 10.7. The molecule has 2 aromatic rings. The van der Waals surface area contributed by atoms with Crippen LogP contribution < -0.4 is 15.8 Å². The van der Waals surface area contributed by atoms with Gasteiger partial charge < -0.3 is 20.9 Å². The molecule has 0 atom stereocenters. The molecule has 20 heavy (non-hydrogen) atoms. The maximum absolute atomic E-state index is 11.0. The number of nitrogens with two attached hydrogens (primary N) is 1. The zero-order chi connectivity index (χ0) is 14.7. The summed E-state index contributed by atoms with van der Waals surface area (Å²) in [5.41, 5.74) is 7.68. The van der Waals surface area contributed by atoms with Crippen LogP contribution in [0.3, 0.4) is 0 Å². The van der Waals surface area contributed by atoms with Crippen molar-refractivity contribution in [3.63, 3.8) is 0 Å². The van der Waals surface area contributed by atoms with Gasteiger partial charge in [0.25, 0.3) is 0 Å². The van der Waals surface area contributed by atoms with Gasteiger partial charge in [-0.05, 0) is 36.4 Å². The van der Waals surface area contributed by atoms with Gasteiger partial charge in [0.15, 0.2) is 0 Å². The standard InChI is InChI=1S/C14H13BrN2O3/c1-20-13-5-3-9(15)7-12(13)17-11-6-8(14(18)19)2-4-10(11)16/h2-7,17H,16H2,1H3,(H,18,19). The Labute approximate surface area is 124 Å². The Morgan fingerprint density at radius 3 is 2.65 bits per heavy atom. The Hall–Kier alpha value is -2.21. The second-order valence-corrected chi connectivity index (χ2v) is 4.99. The monoisotopic (exact) mass is 336 g/mol. The normalized spacial score (nSPS) is 10.1. The van der Waals surface area contributed by atoms with E-state index < -0.39 is 5.97 Å². The number of carboxylic acids is 1. The average Bonchev–Trinajstić information content (AvgIpc) is 2.41. The summed E-state index contributed by atoms with van der Waals surface area (Å²) in [5.74, 6) is -0.373. The largest absolute Gasteiger partial charge is 0.495 e. The molecule has 2 aromatic carbocycles. The van der Waals surface area contributed by atoms with E-state index in [4.69, 9.17) is 15.6 Å². The first-order valence-corrected chi connectivity index (χ1v) is 6.54. The molecule has 0 spiro atoms. The molecule has 4 N–H and O–H groups in total. The van der Waals surface area contributed by atoms with Crippen molar-refractivity contribution in [2.75, 3.05) is 18.2 Å². The minimum atomic E-state index is -1.01. The molecule has 0 aromatic heterocycles. The van der Waals surface area contributed by atoms with Gasteiger partial charge in [-0.2, -0.15) is 0 Å². The fraction of sp³-hybridized carbons (Fsp3) is 0.0714. The molecule has 0 aliphatic heterocycles. The summed E-state index contributed by atoms with van der Waals surface area (Å²) in [4.78, 5) is 11.0. The van der Waals surface area contributed by atoms with Gasteiger partial charge >= 0.3 is 5.97 Å². The zero-order valence-corrected chi connectivity index (χ0v) is 12.3. The molecule has 0 aliphatic carbocycles. The molecule has 0 fully saturated rings. The summed E-state index contributed by atoms with van der Waals surface area (Å²) in [6, 6.07) is 9.96. The van der Waals surface area contributed by atoms with Gasteiger partial charge in [0.05, 0.1) is 29.7 Å². The molecule has 0 aliphatic rings. The lowest BCUT2D eigenvalue weighted by Gasteiger charge is -2.13. The molecule has 0 saturated carbocycles. The fourth-order valence-electron chi connectivity index (χ4n) is 1.72. The van der Waals surface area contributed by atoms with E-state index in [1.165, 1.54) is 12.1 Å². The number of anilines is 3. The minimum absolute atomic E-state index is 0.163. The van der Waals surface area contributed by atoms with Gasteiger partial charge in [-0.15, -0.1) is 0 Å². The Balaban J connectivity index is 2.41. The Morgan fingerprint density at radius 2 is 2.00 bits per heavy atom. The number of methoxy groups -OCH3 is 1. The molecule has 5 nitrogen and oxygen atoms in total. The highest BCUT2D eigenvalue weighted by molar-refractivity contribution is 9.10. The number of aromatic carboxylic acids is 1. The van der Waals surface area contributed by atoms with Crippen molar-refractivity contribution >= 4 is 39.0 Å². The minimum Gasteiger partial charge on any atom is -0.495 e. The topological polar surface area (TPSA) is 84.6 Å². The molecule has 0 bridgehead atoms. The van der Waals surface area contributed by atoms with Gasteiger partial charge in [-0.1, -0.05) is 15.9 Å². The van der Waals surface area contributed by atoms with Crippen molar-refractivity contribution in [1.82, 2.24) is 0 Å². The summed E-state index contributed by atoms with van der Waals surface area (Å²) in [6.07, 6.45) is 0. The molecule has 0 saturated heterocycles. The molecule has 0 heterocycles. The third-order valence-electron chi connectivity index (χ3n) is 2.73. The lowest BCUT2D eigenvalue weighted by Crippen LogP contribution is -2.02. The van der Waals surface area contributed by atoms with Crippen LogP contribution in [-0.2, 0) is 0 Å². The maximum Gasteiger partial charge on any atom is 0.335 e. The number of hydrogen-bond acceptors (Lipinski definition) is 4. The highest BCUT2D eigenvalue weighted by Crippen LogP contribution is 2.32. The lowest BCUT2D eigenvalue weighted by molar-refractivity contribution is 0.0697. The molecule has 2 rings (SSSR count). The van der Waals surface area contributed by atoms with Gasteiger partial charge in [-0.25, -0.2) is 4.79 Å². The van der Waals surface area contributed by atoms with Crippen LogP contribution in [0, 0.1) is 0 Å². The summed E-state index contributed by atoms with van der Waals surface area (Å²) < 4.78 is 6.12. The Bertz CT molecular complexity index is 659. The van der Waals surface area contributed by atoms with Gasteiger partial charge in [0.1, 0.15) is 5.75 Å². The number of hydrogen-bond donors (Lipinski definition) is 3. The van der Waals surface area contributed by atoms with Crippen molar-refractivity contribution in [1.29, 1.82) is 0 Å². The van der Waals surface area contributed by atoms with Crippen LogP contribution in [0.5, 0.6) is 5.75 Å². The first kappa shape index (κ1) is 14.2. The van der Waals surface area contributed by atoms with E-state index in [0.29, 0.717) is 22.8 Å². The van der Waals surface area contributed by atoms with Crippen molar-refractivity contribution in [3.8, 4) is 5.75 Å². The van der Waals surface area contributed by atoms with E-state index in [1.807, 2.05) is 12.1 Å². The van der Waals surface area contributed by atoms with E-state index >= 15 is 0 Å². The molecular formula is C14H13BrN2O3. The average molecular weight is 337 g/mol. The summed E-state index contributed by atoms with van der Waals surface area (Å²) in [7, 11) is 1.56. The summed E-state index contributed by atoms with van der Waals surface area (Å²) >= 11 is 3.37. The van der Waals surface area contributed by atoms with E-state index in [9.17, 15) is 4.79 Å². The second kappa shape index (κ2) is 5.83. The van der Waals surface area contributed by atoms with E-state index in [0.717, 1.165) is 4.47 Å². The first-order chi connectivity index (χ1) is 9.51. The van der Waals surface area contributed by atoms with Crippen LogP contribution in [-0.4, -0.2) is 18.2 Å². The van der Waals surface area contributed by atoms with Crippen LogP contribution in [0.15, 0.2) is 40.9 Å². The molecule has 0 amide bonds. The number of nitrogen functional groups attached to an aromatic ring is 1. The highest BCUT2D eigenvalue weighted by Gasteiger charge is 2.09. The third-order valence-corrected chi connectivity index (χ3v) is 3.22. The van der Waals surface area contributed by atoms with Gasteiger partial charge in [0, 0.05) is 4.47 Å². The van der Waals surface area contributed by atoms with Crippen LogP contribution in [0.1, 0.15) is 10.4 Å². The summed E-state index contributed by atoms with van der Waals surface area (Å²) in [5, 5.41) is 12.1. The molecule has 0 unspecified atom stereocenters. The van der Waals surface area contributed by atoms with E-state index in [1.54, 1.807) is 19.2 Å². The number of rotatable bonds is 4. The number of nitrogens with one attached hydrogen (secondary N) is 1. The summed E-state index contributed by atoms with van der Waals surface area (Å²) in [6.45, 7) is 0.